The Kier molecular flexibility index (Phi) is 3.70. The molecule has 2 atom stereocenters. The molecule has 1 aromatic carbocycles. The Hall–Kier alpha value is -2.59. The molecule has 4 aliphatic rings. The molecule has 1 amide bonds. The molecule has 4 nitrogen and oxygen atoms in total. The van der Waals surface area contributed by atoms with E-state index < -0.39 is 0 Å². The highest BCUT2D eigenvalue weighted by molar-refractivity contribution is 5.92. The lowest BCUT2D eigenvalue weighted by Gasteiger charge is -2.36. The van der Waals surface area contributed by atoms with Gasteiger partial charge in [-0.3, -0.25) is 4.79 Å². The van der Waals surface area contributed by atoms with Crippen molar-refractivity contribution in [3.63, 3.8) is 0 Å². The minimum atomic E-state index is -0.0860. The SMILES string of the molecule is Cc1ccc2c(c1)C1=C3C(C=C(c4ccc(C(=O)NC5CC5)o4)CC32)CN(C)C1. The molecule has 2 heterocycles. The average Bonchev–Trinajstić information content (AvgIpc) is 3.27. The third-order valence-corrected chi connectivity index (χ3v) is 6.85. The summed E-state index contributed by atoms with van der Waals surface area (Å²) in [4.78, 5) is 14.8. The van der Waals surface area contributed by atoms with E-state index >= 15 is 0 Å². The van der Waals surface area contributed by atoms with Gasteiger partial charge in [0.25, 0.3) is 5.91 Å². The monoisotopic (exact) mass is 386 g/mol. The summed E-state index contributed by atoms with van der Waals surface area (Å²) < 4.78 is 6.02. The van der Waals surface area contributed by atoms with Crippen LogP contribution < -0.4 is 5.32 Å². The summed E-state index contributed by atoms with van der Waals surface area (Å²) in [5.41, 5.74) is 8.62. The standard InChI is InChI=1S/C25H26N2O2/c1-14-3-6-18-19(9-14)21-13-27(2)12-16-10-15(11-20(18)24(16)21)22-7-8-23(29-22)25(28)26-17-4-5-17/h3,6-10,16-17,20H,4-5,11-13H2,1-2H3,(H,26,28). The van der Waals surface area contributed by atoms with Gasteiger partial charge in [0.05, 0.1) is 0 Å². The molecule has 1 aliphatic heterocycles. The molecule has 6 rings (SSSR count). The van der Waals surface area contributed by atoms with E-state index in [-0.39, 0.29) is 5.91 Å². The zero-order valence-electron chi connectivity index (χ0n) is 17.0. The maximum absolute atomic E-state index is 12.3. The first-order chi connectivity index (χ1) is 14.1. The van der Waals surface area contributed by atoms with Gasteiger partial charge in [-0.15, -0.1) is 0 Å². The van der Waals surface area contributed by atoms with Crippen molar-refractivity contribution >= 4 is 17.1 Å². The van der Waals surface area contributed by atoms with E-state index in [0.29, 0.717) is 23.6 Å². The smallest absolute Gasteiger partial charge is 0.287 e. The van der Waals surface area contributed by atoms with E-state index in [0.717, 1.165) is 38.1 Å². The highest BCUT2D eigenvalue weighted by atomic mass is 16.4. The maximum atomic E-state index is 12.3. The van der Waals surface area contributed by atoms with E-state index in [1.807, 2.05) is 12.1 Å². The third-order valence-electron chi connectivity index (χ3n) is 6.85. The van der Waals surface area contributed by atoms with E-state index in [4.69, 9.17) is 4.42 Å². The quantitative estimate of drug-likeness (QED) is 0.851. The molecule has 1 N–H and O–H groups in total. The van der Waals surface area contributed by atoms with Crippen molar-refractivity contribution in [3.05, 3.63) is 70.2 Å². The van der Waals surface area contributed by atoms with Gasteiger partial charge in [-0.2, -0.15) is 0 Å². The van der Waals surface area contributed by atoms with Crippen LogP contribution in [0.1, 0.15) is 58.2 Å². The normalized spacial score (nSPS) is 25.5. The third kappa shape index (κ3) is 2.81. The molecule has 3 aliphatic carbocycles. The van der Waals surface area contributed by atoms with Gasteiger partial charge in [0.15, 0.2) is 5.76 Å². The first-order valence-electron chi connectivity index (χ1n) is 10.7. The largest absolute Gasteiger partial charge is 0.451 e. The highest BCUT2D eigenvalue weighted by Crippen LogP contribution is 2.54. The minimum Gasteiger partial charge on any atom is -0.451 e. The average molecular weight is 386 g/mol. The Balaban J connectivity index is 1.37. The van der Waals surface area contributed by atoms with Crippen molar-refractivity contribution < 1.29 is 9.21 Å². The lowest BCUT2D eigenvalue weighted by Crippen LogP contribution is -2.34. The Bertz CT molecular complexity index is 1090. The zero-order valence-corrected chi connectivity index (χ0v) is 17.0. The number of carbonyl (C=O) groups is 1. The Labute approximate surface area is 171 Å². The summed E-state index contributed by atoms with van der Waals surface area (Å²) in [5.74, 6) is 2.04. The second kappa shape index (κ2) is 6.20. The Morgan fingerprint density at radius 3 is 2.90 bits per heavy atom. The number of hydrogen-bond acceptors (Lipinski definition) is 3. The number of benzene rings is 1. The molecule has 148 valence electrons. The number of allylic oxidation sites excluding steroid dienone is 1. The van der Waals surface area contributed by atoms with Crippen molar-refractivity contribution in [1.29, 1.82) is 0 Å². The van der Waals surface area contributed by atoms with Gasteiger partial charge >= 0.3 is 0 Å². The first-order valence-corrected chi connectivity index (χ1v) is 10.7. The topological polar surface area (TPSA) is 45.5 Å². The summed E-state index contributed by atoms with van der Waals surface area (Å²) in [6.45, 7) is 4.26. The Morgan fingerprint density at radius 1 is 1.21 bits per heavy atom. The van der Waals surface area contributed by atoms with Gasteiger partial charge in [0.2, 0.25) is 0 Å². The molecule has 1 saturated carbocycles. The predicted octanol–water partition coefficient (Wildman–Crippen LogP) is 4.38. The number of likely N-dealkylation sites (N-methyl/N-ethyl adjacent to an activating group) is 1. The summed E-state index contributed by atoms with van der Waals surface area (Å²) in [7, 11) is 2.21. The number of amides is 1. The van der Waals surface area contributed by atoms with E-state index in [2.05, 4.69) is 48.5 Å². The number of aryl methyl sites for hydroxylation is 1. The van der Waals surface area contributed by atoms with Gasteiger partial charge in [-0.25, -0.2) is 0 Å². The van der Waals surface area contributed by atoms with Crippen molar-refractivity contribution in [2.75, 3.05) is 20.1 Å². The fourth-order valence-electron chi connectivity index (χ4n) is 5.39. The van der Waals surface area contributed by atoms with Gasteiger partial charge in [0, 0.05) is 31.0 Å². The number of nitrogens with zero attached hydrogens (tertiary/aromatic N) is 1. The van der Waals surface area contributed by atoms with Crippen LogP contribution in [-0.4, -0.2) is 37.0 Å². The molecule has 1 aromatic heterocycles. The molecule has 0 bridgehead atoms. The number of rotatable bonds is 3. The predicted molar refractivity (Wildman–Crippen MR) is 114 cm³/mol. The van der Waals surface area contributed by atoms with Crippen LogP contribution in [0.5, 0.6) is 0 Å². The summed E-state index contributed by atoms with van der Waals surface area (Å²) in [5, 5.41) is 3.02. The van der Waals surface area contributed by atoms with Crippen molar-refractivity contribution in [2.24, 2.45) is 5.92 Å². The summed E-state index contributed by atoms with van der Waals surface area (Å²) in [6.07, 6.45) is 5.50. The molecular formula is C25H26N2O2. The second-order valence-corrected chi connectivity index (χ2v) is 9.19. The van der Waals surface area contributed by atoms with Crippen LogP contribution in [0.4, 0.5) is 0 Å². The van der Waals surface area contributed by atoms with Gasteiger partial charge < -0.3 is 14.6 Å². The van der Waals surface area contributed by atoms with E-state index in [1.165, 1.54) is 27.8 Å². The van der Waals surface area contributed by atoms with Crippen LogP contribution in [0.2, 0.25) is 0 Å². The van der Waals surface area contributed by atoms with Crippen LogP contribution in [0.15, 0.2) is 46.4 Å². The molecule has 0 radical (unpaired) electrons. The van der Waals surface area contributed by atoms with E-state index in [1.54, 1.807) is 5.57 Å². The van der Waals surface area contributed by atoms with Gasteiger partial charge in [-0.05, 0) is 73.2 Å². The maximum Gasteiger partial charge on any atom is 0.287 e. The molecule has 29 heavy (non-hydrogen) atoms. The van der Waals surface area contributed by atoms with Crippen LogP contribution >= 0.6 is 0 Å². The van der Waals surface area contributed by atoms with Crippen LogP contribution in [0.25, 0.3) is 11.1 Å². The van der Waals surface area contributed by atoms with Crippen LogP contribution in [0.3, 0.4) is 0 Å². The zero-order chi connectivity index (χ0) is 19.7. The van der Waals surface area contributed by atoms with Gasteiger partial charge in [-0.1, -0.05) is 29.8 Å². The fraction of sp³-hybridized carbons (Fsp3) is 0.400. The lowest BCUT2D eigenvalue weighted by molar-refractivity contribution is 0.0922. The molecule has 2 unspecified atom stereocenters. The van der Waals surface area contributed by atoms with Crippen LogP contribution in [0, 0.1) is 12.8 Å². The van der Waals surface area contributed by atoms with Gasteiger partial charge in [0.1, 0.15) is 5.76 Å². The van der Waals surface area contributed by atoms with Crippen LogP contribution in [-0.2, 0) is 0 Å². The highest BCUT2D eigenvalue weighted by Gasteiger charge is 2.41. The summed E-state index contributed by atoms with van der Waals surface area (Å²) in [6, 6.07) is 11.1. The number of fused-ring (bicyclic) bond motifs is 3. The van der Waals surface area contributed by atoms with Crippen molar-refractivity contribution in [2.45, 2.75) is 38.1 Å². The number of furan rings is 1. The Morgan fingerprint density at radius 2 is 2.07 bits per heavy atom. The molecular weight excluding hydrogens is 360 g/mol. The fourth-order valence-corrected chi connectivity index (χ4v) is 5.39. The van der Waals surface area contributed by atoms with Crippen molar-refractivity contribution in [3.8, 4) is 0 Å². The molecule has 0 saturated heterocycles. The second-order valence-electron chi connectivity index (χ2n) is 9.19. The number of nitrogens with one attached hydrogen (secondary N) is 1. The lowest BCUT2D eigenvalue weighted by atomic mass is 9.75. The number of carbonyl (C=O) groups excluding carboxylic acids is 1. The molecule has 2 aromatic rings. The number of hydrogen-bond donors (Lipinski definition) is 1. The first kappa shape index (κ1) is 17.3. The minimum absolute atomic E-state index is 0.0860. The molecule has 1 fully saturated rings. The molecule has 4 heteroatoms. The van der Waals surface area contributed by atoms with Crippen molar-refractivity contribution in [1.82, 2.24) is 10.2 Å². The van der Waals surface area contributed by atoms with E-state index in [9.17, 15) is 4.79 Å². The summed E-state index contributed by atoms with van der Waals surface area (Å²) >= 11 is 0. The molecule has 0 spiro atoms.